The number of fused-ring (bicyclic) bond motifs is 1. The van der Waals surface area contributed by atoms with E-state index in [1.54, 1.807) is 19.1 Å². The fraction of sp³-hybridized carbons (Fsp3) is 0.286. The number of aliphatic carboxylic acids is 1. The monoisotopic (exact) mass is 311 g/mol. The summed E-state index contributed by atoms with van der Waals surface area (Å²) >= 11 is 1.23. The van der Waals surface area contributed by atoms with Gasteiger partial charge in [0.1, 0.15) is 12.4 Å². The summed E-state index contributed by atoms with van der Waals surface area (Å²) in [6.07, 6.45) is 0. The smallest absolute Gasteiger partial charge is 0.329 e. The van der Waals surface area contributed by atoms with Crippen molar-refractivity contribution in [2.75, 3.05) is 19.8 Å². The molecule has 0 aliphatic heterocycles. The van der Waals surface area contributed by atoms with E-state index >= 15 is 0 Å². The van der Waals surface area contributed by atoms with Crippen LogP contribution in [0.3, 0.4) is 0 Å². The molecule has 2 N–H and O–H groups in total. The number of carbonyl (C=O) groups excluding carboxylic acids is 1. The molecule has 2 rings (SSSR count). The van der Waals surface area contributed by atoms with Crippen molar-refractivity contribution >= 4 is 33.3 Å². The Balaban J connectivity index is 2.01. The van der Waals surface area contributed by atoms with Gasteiger partial charge in [-0.3, -0.25) is 4.79 Å². The van der Waals surface area contributed by atoms with Crippen molar-refractivity contribution in [1.29, 1.82) is 0 Å². The summed E-state index contributed by atoms with van der Waals surface area (Å²) in [5.41, 5.74) is 0.608. The van der Waals surface area contributed by atoms with Crippen molar-refractivity contribution in [3.63, 3.8) is 0 Å². The highest BCUT2D eigenvalue weighted by Crippen LogP contribution is 2.32. The molecular weight excluding hydrogens is 297 g/mol. The van der Waals surface area contributed by atoms with Crippen LogP contribution in [0.1, 0.15) is 15.2 Å². The molecule has 7 heteroatoms. The minimum Gasteiger partial charge on any atom is -0.480 e. The number of hydrogen-bond donors (Lipinski definition) is 2. The molecule has 21 heavy (non-hydrogen) atoms. The fourth-order valence-corrected chi connectivity index (χ4v) is 3.09. The molecule has 0 bridgehead atoms. The second kappa shape index (κ2) is 6.64. The molecule has 0 unspecified atom stereocenters. The summed E-state index contributed by atoms with van der Waals surface area (Å²) in [5, 5.41) is 11.5. The van der Waals surface area contributed by atoms with E-state index in [-0.39, 0.29) is 24.9 Å². The molecule has 0 saturated carbocycles. The lowest BCUT2D eigenvalue weighted by Crippen LogP contribution is -2.27. The third-order valence-corrected chi connectivity index (χ3v) is 4.12. The topological polar surface area (TPSA) is 75.6 Å². The number of benzene rings is 1. The summed E-state index contributed by atoms with van der Waals surface area (Å²) < 4.78 is 19.3. The van der Waals surface area contributed by atoms with Crippen LogP contribution in [0, 0.1) is 12.7 Å². The Hall–Kier alpha value is -1.99. The van der Waals surface area contributed by atoms with Crippen molar-refractivity contribution in [2.45, 2.75) is 6.92 Å². The molecule has 0 saturated heterocycles. The number of carbonyl (C=O) groups is 2. The van der Waals surface area contributed by atoms with Crippen LogP contribution in [0.25, 0.3) is 10.1 Å². The molecule has 5 nitrogen and oxygen atoms in total. The number of thiophene rings is 1. The van der Waals surface area contributed by atoms with Gasteiger partial charge in [0.25, 0.3) is 5.91 Å². The van der Waals surface area contributed by atoms with E-state index in [2.05, 4.69) is 5.32 Å². The summed E-state index contributed by atoms with van der Waals surface area (Å²) in [5.74, 6) is -1.71. The molecule has 0 fully saturated rings. The van der Waals surface area contributed by atoms with Crippen LogP contribution in [0.4, 0.5) is 4.39 Å². The first-order valence-electron chi connectivity index (χ1n) is 6.26. The van der Waals surface area contributed by atoms with Gasteiger partial charge in [-0.1, -0.05) is 6.07 Å². The van der Waals surface area contributed by atoms with E-state index in [4.69, 9.17) is 9.84 Å². The van der Waals surface area contributed by atoms with E-state index in [1.807, 2.05) is 0 Å². The van der Waals surface area contributed by atoms with E-state index in [1.165, 1.54) is 17.4 Å². The number of carboxylic acids is 1. The summed E-state index contributed by atoms with van der Waals surface area (Å²) in [6.45, 7) is 1.61. The molecule has 0 atom stereocenters. The van der Waals surface area contributed by atoms with Crippen LogP contribution >= 0.6 is 11.3 Å². The van der Waals surface area contributed by atoms with Crippen molar-refractivity contribution in [2.24, 2.45) is 0 Å². The van der Waals surface area contributed by atoms with E-state index in [9.17, 15) is 14.0 Å². The van der Waals surface area contributed by atoms with Crippen molar-refractivity contribution in [1.82, 2.24) is 5.32 Å². The number of carboxylic acid groups (broad SMARTS) is 1. The lowest BCUT2D eigenvalue weighted by atomic mass is 10.1. The minimum absolute atomic E-state index is 0.107. The molecular formula is C14H14FNO4S. The average molecular weight is 311 g/mol. The fourth-order valence-electron chi connectivity index (χ4n) is 1.95. The molecule has 1 aromatic carbocycles. The zero-order valence-corrected chi connectivity index (χ0v) is 12.1. The first kappa shape index (κ1) is 15.4. The second-order valence-electron chi connectivity index (χ2n) is 4.37. The number of nitrogens with one attached hydrogen (secondary N) is 1. The van der Waals surface area contributed by atoms with Gasteiger partial charge in [-0.25, -0.2) is 9.18 Å². The molecule has 1 heterocycles. The highest BCUT2D eigenvalue weighted by Gasteiger charge is 2.17. The molecule has 0 aliphatic rings. The van der Waals surface area contributed by atoms with E-state index in [0.717, 1.165) is 4.70 Å². The van der Waals surface area contributed by atoms with Crippen molar-refractivity contribution in [3.05, 3.63) is 34.5 Å². The summed E-state index contributed by atoms with van der Waals surface area (Å²) in [6, 6.07) is 4.74. The molecule has 1 amide bonds. The van der Waals surface area contributed by atoms with Crippen molar-refractivity contribution in [3.8, 4) is 0 Å². The van der Waals surface area contributed by atoms with E-state index < -0.39 is 12.6 Å². The Kier molecular flexibility index (Phi) is 4.87. The maximum absolute atomic E-state index is 13.8. The van der Waals surface area contributed by atoms with Crippen molar-refractivity contribution < 1.29 is 23.8 Å². The minimum atomic E-state index is -1.06. The zero-order chi connectivity index (χ0) is 15.4. The van der Waals surface area contributed by atoms with Crippen LogP contribution in [-0.2, 0) is 9.53 Å². The Morgan fingerprint density at radius 3 is 2.86 bits per heavy atom. The van der Waals surface area contributed by atoms with Gasteiger partial charge in [0.2, 0.25) is 0 Å². The first-order chi connectivity index (χ1) is 10.0. The predicted octanol–water partition coefficient (Wildman–Crippen LogP) is 2.18. The number of amides is 1. The average Bonchev–Trinajstić information content (AvgIpc) is 2.76. The first-order valence-corrected chi connectivity index (χ1v) is 7.07. The summed E-state index contributed by atoms with van der Waals surface area (Å²) in [7, 11) is 0. The van der Waals surface area contributed by atoms with Gasteiger partial charge >= 0.3 is 5.97 Å². The van der Waals surface area contributed by atoms with Crippen LogP contribution in [0.15, 0.2) is 18.2 Å². The van der Waals surface area contributed by atoms with Gasteiger partial charge in [-0.2, -0.15) is 0 Å². The standard InChI is InChI=1S/C14H14FNO4S/c1-8-12-9(15)3-2-4-10(12)21-13(8)14(19)16-5-6-20-7-11(17)18/h2-4H,5-7H2,1H3,(H,16,19)(H,17,18). The van der Waals surface area contributed by atoms with Gasteiger partial charge in [-0.05, 0) is 24.6 Å². The maximum atomic E-state index is 13.8. The zero-order valence-electron chi connectivity index (χ0n) is 11.3. The van der Waals surface area contributed by atoms with Crippen LogP contribution in [0.2, 0.25) is 0 Å². The van der Waals surface area contributed by atoms with E-state index in [0.29, 0.717) is 15.8 Å². The van der Waals surface area contributed by atoms with Gasteiger partial charge in [0.05, 0.1) is 11.5 Å². The van der Waals surface area contributed by atoms with Crippen LogP contribution in [-0.4, -0.2) is 36.7 Å². The Bertz CT molecular complexity index is 683. The number of halogens is 1. The Morgan fingerprint density at radius 1 is 1.43 bits per heavy atom. The van der Waals surface area contributed by atoms with Crippen LogP contribution in [0.5, 0.6) is 0 Å². The largest absolute Gasteiger partial charge is 0.480 e. The number of hydrogen-bond acceptors (Lipinski definition) is 4. The lowest BCUT2D eigenvalue weighted by molar-refractivity contribution is -0.142. The van der Waals surface area contributed by atoms with Crippen LogP contribution < -0.4 is 5.32 Å². The quantitative estimate of drug-likeness (QED) is 0.802. The third-order valence-electron chi connectivity index (χ3n) is 2.87. The molecule has 0 spiro atoms. The highest BCUT2D eigenvalue weighted by molar-refractivity contribution is 7.21. The highest BCUT2D eigenvalue weighted by atomic mass is 32.1. The number of ether oxygens (including phenoxy) is 1. The van der Waals surface area contributed by atoms with Gasteiger partial charge < -0.3 is 15.2 Å². The number of aryl methyl sites for hydroxylation is 1. The number of rotatable bonds is 6. The third kappa shape index (κ3) is 3.56. The molecule has 0 radical (unpaired) electrons. The normalized spacial score (nSPS) is 10.8. The second-order valence-corrected chi connectivity index (χ2v) is 5.42. The summed E-state index contributed by atoms with van der Waals surface area (Å²) in [4.78, 5) is 22.7. The Morgan fingerprint density at radius 2 is 2.19 bits per heavy atom. The lowest BCUT2D eigenvalue weighted by Gasteiger charge is -2.04. The predicted molar refractivity (Wildman–Crippen MR) is 77.3 cm³/mol. The van der Waals surface area contributed by atoms with Gasteiger partial charge in [-0.15, -0.1) is 11.3 Å². The van der Waals surface area contributed by atoms with Gasteiger partial charge in [0.15, 0.2) is 0 Å². The molecule has 112 valence electrons. The molecule has 0 aliphatic carbocycles. The Labute approximate surface area is 124 Å². The van der Waals surface area contributed by atoms with Gasteiger partial charge in [0, 0.05) is 16.6 Å². The molecule has 2 aromatic rings. The maximum Gasteiger partial charge on any atom is 0.329 e. The SMILES string of the molecule is Cc1c(C(=O)NCCOCC(=O)O)sc2cccc(F)c12. The molecule has 1 aromatic heterocycles.